The molecule has 0 fully saturated rings. The number of carbonyl (C=O) groups excluding carboxylic acids is 1. The van der Waals surface area contributed by atoms with Gasteiger partial charge in [-0.3, -0.25) is 4.79 Å². The number of amides is 1. The average molecular weight is 331 g/mol. The number of nitrogens with one attached hydrogen (secondary N) is 1. The van der Waals surface area contributed by atoms with Crippen LogP contribution in [0.25, 0.3) is 0 Å². The maximum atomic E-state index is 11.4. The minimum atomic E-state index is -0.0714. The van der Waals surface area contributed by atoms with Gasteiger partial charge in [0.05, 0.1) is 11.8 Å². The fourth-order valence-electron chi connectivity index (χ4n) is 2.06. The van der Waals surface area contributed by atoms with E-state index in [1.54, 1.807) is 0 Å². The van der Waals surface area contributed by atoms with E-state index >= 15 is 0 Å². The van der Waals surface area contributed by atoms with Crippen LogP contribution in [0.15, 0.2) is 16.6 Å². The third-order valence-electron chi connectivity index (χ3n) is 3.72. The molecule has 1 aliphatic heterocycles. The zero-order valence-corrected chi connectivity index (χ0v) is 13.2. The molecule has 1 heterocycles. The molecule has 4 heteroatoms. The maximum absolute atomic E-state index is 11.4. The number of anilines is 1. The molecule has 1 unspecified atom stereocenters. The number of alkyl halides is 1. The van der Waals surface area contributed by atoms with E-state index < -0.39 is 0 Å². The van der Waals surface area contributed by atoms with E-state index in [1.165, 1.54) is 0 Å². The van der Waals surface area contributed by atoms with E-state index in [0.717, 1.165) is 27.7 Å². The van der Waals surface area contributed by atoms with E-state index in [2.05, 4.69) is 42.0 Å². The Balaban J connectivity index is 2.41. The summed E-state index contributed by atoms with van der Waals surface area (Å²) in [4.78, 5) is 11.4. The quantitative estimate of drug-likeness (QED) is 0.802. The van der Waals surface area contributed by atoms with Gasteiger partial charge in [-0.1, -0.05) is 42.8 Å². The molecule has 0 saturated heterocycles. The van der Waals surface area contributed by atoms with Crippen LogP contribution in [0.4, 0.5) is 5.69 Å². The number of carbonyl (C=O) groups is 1. The molecule has 0 spiro atoms. The lowest BCUT2D eigenvalue weighted by Gasteiger charge is -2.30. The summed E-state index contributed by atoms with van der Waals surface area (Å²) in [7, 11) is 0. The van der Waals surface area contributed by atoms with Gasteiger partial charge in [0, 0.05) is 10.2 Å². The van der Waals surface area contributed by atoms with Gasteiger partial charge in [-0.05, 0) is 29.0 Å². The highest BCUT2D eigenvalue weighted by atomic mass is 79.9. The van der Waals surface area contributed by atoms with Gasteiger partial charge in [-0.25, -0.2) is 0 Å². The Morgan fingerprint density at radius 1 is 1.50 bits per heavy atom. The predicted molar refractivity (Wildman–Crippen MR) is 79.1 cm³/mol. The Morgan fingerprint density at radius 2 is 2.17 bits per heavy atom. The van der Waals surface area contributed by atoms with Crippen molar-refractivity contribution < 1.29 is 4.79 Å². The van der Waals surface area contributed by atoms with Crippen molar-refractivity contribution in [3.8, 4) is 0 Å². The number of fused-ring (bicyclic) bond motifs is 1. The molecule has 1 aliphatic rings. The van der Waals surface area contributed by atoms with Crippen molar-refractivity contribution in [2.24, 2.45) is 5.41 Å². The zero-order chi connectivity index (χ0) is 13.5. The Kier molecular flexibility index (Phi) is 3.75. The van der Waals surface area contributed by atoms with Crippen molar-refractivity contribution in [3.05, 3.63) is 27.7 Å². The van der Waals surface area contributed by atoms with Crippen molar-refractivity contribution in [3.63, 3.8) is 0 Å². The fraction of sp³-hybridized carbons (Fsp3) is 0.500. The topological polar surface area (TPSA) is 29.1 Å². The van der Waals surface area contributed by atoms with Gasteiger partial charge < -0.3 is 5.32 Å². The molecule has 18 heavy (non-hydrogen) atoms. The number of benzene rings is 1. The minimum Gasteiger partial charge on any atom is -0.325 e. The normalized spacial score (nSPS) is 16.4. The molecule has 1 aromatic carbocycles. The van der Waals surface area contributed by atoms with E-state index in [9.17, 15) is 4.79 Å². The summed E-state index contributed by atoms with van der Waals surface area (Å²) in [6, 6.07) is 4.00. The van der Waals surface area contributed by atoms with Crippen LogP contribution in [0.5, 0.6) is 0 Å². The molecule has 1 amide bonds. The van der Waals surface area contributed by atoms with Crippen LogP contribution in [0.1, 0.15) is 43.7 Å². The molecule has 0 saturated carbocycles. The lowest BCUT2D eigenvalue weighted by molar-refractivity contribution is -0.115. The highest BCUT2D eigenvalue weighted by Gasteiger charge is 2.30. The van der Waals surface area contributed by atoms with Crippen molar-refractivity contribution in [1.29, 1.82) is 0 Å². The van der Waals surface area contributed by atoms with Gasteiger partial charge in [-0.15, -0.1) is 11.6 Å². The molecule has 0 aromatic heterocycles. The minimum absolute atomic E-state index is 0.0222. The summed E-state index contributed by atoms with van der Waals surface area (Å²) >= 11 is 10.2. The maximum Gasteiger partial charge on any atom is 0.228 e. The molecule has 0 aliphatic carbocycles. The van der Waals surface area contributed by atoms with Crippen LogP contribution in [-0.4, -0.2) is 5.91 Å². The summed E-state index contributed by atoms with van der Waals surface area (Å²) < 4.78 is 0.963. The van der Waals surface area contributed by atoms with E-state index in [0.29, 0.717) is 6.42 Å². The molecule has 2 rings (SSSR count). The predicted octanol–water partition coefficient (Wildman–Crippen LogP) is 4.66. The summed E-state index contributed by atoms with van der Waals surface area (Å²) in [6.45, 7) is 6.46. The monoisotopic (exact) mass is 329 g/mol. The van der Waals surface area contributed by atoms with E-state index in [4.69, 9.17) is 11.6 Å². The Bertz CT molecular complexity index is 499. The highest BCUT2D eigenvalue weighted by molar-refractivity contribution is 9.10. The number of hydrogen-bond acceptors (Lipinski definition) is 1. The highest BCUT2D eigenvalue weighted by Crippen LogP contribution is 2.45. The van der Waals surface area contributed by atoms with Gasteiger partial charge in [0.1, 0.15) is 0 Å². The fourth-order valence-corrected chi connectivity index (χ4v) is 3.10. The first-order valence-electron chi connectivity index (χ1n) is 6.11. The molecule has 1 atom stereocenters. The van der Waals surface area contributed by atoms with Crippen LogP contribution >= 0.6 is 27.5 Å². The first kappa shape index (κ1) is 13.9. The van der Waals surface area contributed by atoms with Crippen LogP contribution in [0, 0.1) is 5.41 Å². The third kappa shape index (κ3) is 2.43. The summed E-state index contributed by atoms with van der Waals surface area (Å²) in [6.07, 6.45) is 1.45. The second-order valence-corrected chi connectivity index (χ2v) is 6.75. The SMILES string of the molecule is CCC(C)(C)C(Cl)c1cc2c(cc1Br)NC(=O)C2. The van der Waals surface area contributed by atoms with Gasteiger partial charge >= 0.3 is 0 Å². The van der Waals surface area contributed by atoms with Crippen LogP contribution in [0.2, 0.25) is 0 Å². The molecular formula is C14H17BrClNO. The Labute approximate surface area is 121 Å². The number of halogens is 2. The standard InChI is InChI=1S/C14H17BrClNO/c1-4-14(2,3)13(16)9-5-8-6-12(18)17-11(8)7-10(9)15/h5,7,13H,4,6H2,1-3H3,(H,17,18). The first-order valence-corrected chi connectivity index (χ1v) is 7.34. The van der Waals surface area contributed by atoms with Crippen LogP contribution < -0.4 is 5.32 Å². The molecule has 1 aromatic rings. The van der Waals surface area contributed by atoms with Crippen molar-refractivity contribution in [1.82, 2.24) is 0 Å². The third-order valence-corrected chi connectivity index (χ3v) is 5.23. The van der Waals surface area contributed by atoms with Crippen molar-refractivity contribution in [2.45, 2.75) is 39.0 Å². The molecule has 2 nitrogen and oxygen atoms in total. The first-order chi connectivity index (χ1) is 8.35. The number of hydrogen-bond donors (Lipinski definition) is 1. The van der Waals surface area contributed by atoms with Crippen LogP contribution in [-0.2, 0) is 11.2 Å². The van der Waals surface area contributed by atoms with Crippen molar-refractivity contribution in [2.75, 3.05) is 5.32 Å². The lowest BCUT2D eigenvalue weighted by atomic mass is 9.82. The van der Waals surface area contributed by atoms with Gasteiger partial charge in [0.15, 0.2) is 0 Å². The van der Waals surface area contributed by atoms with Gasteiger partial charge in [0.25, 0.3) is 0 Å². The molecular weight excluding hydrogens is 314 g/mol. The second kappa shape index (κ2) is 4.86. The number of rotatable bonds is 3. The zero-order valence-electron chi connectivity index (χ0n) is 10.8. The summed E-state index contributed by atoms with van der Waals surface area (Å²) in [5.74, 6) is 0.0509. The average Bonchev–Trinajstić information content (AvgIpc) is 2.66. The molecule has 1 N–H and O–H groups in total. The second-order valence-electron chi connectivity index (χ2n) is 5.46. The Morgan fingerprint density at radius 3 is 2.78 bits per heavy atom. The van der Waals surface area contributed by atoms with E-state index in [1.807, 2.05) is 12.1 Å². The van der Waals surface area contributed by atoms with Gasteiger partial charge in [-0.2, -0.15) is 0 Å². The van der Waals surface area contributed by atoms with Crippen molar-refractivity contribution >= 4 is 39.1 Å². The largest absolute Gasteiger partial charge is 0.325 e. The molecule has 98 valence electrons. The summed E-state index contributed by atoms with van der Waals surface area (Å²) in [5, 5.41) is 2.77. The van der Waals surface area contributed by atoms with Crippen LogP contribution in [0.3, 0.4) is 0 Å². The smallest absolute Gasteiger partial charge is 0.228 e. The van der Waals surface area contributed by atoms with Gasteiger partial charge in [0.2, 0.25) is 5.91 Å². The molecule has 0 radical (unpaired) electrons. The summed E-state index contributed by atoms with van der Waals surface area (Å²) in [5.41, 5.74) is 3.03. The molecule has 0 bridgehead atoms. The Hall–Kier alpha value is -0.540. The van der Waals surface area contributed by atoms with E-state index in [-0.39, 0.29) is 16.7 Å². The lowest BCUT2D eigenvalue weighted by Crippen LogP contribution is -2.17.